The Hall–Kier alpha value is -3.06. The van der Waals surface area contributed by atoms with Crippen LogP contribution in [0.1, 0.15) is 16.7 Å². The molecule has 0 fully saturated rings. The van der Waals surface area contributed by atoms with Crippen molar-refractivity contribution >= 4 is 5.69 Å². The largest absolute Gasteiger partial charge is 0.493 e. The highest BCUT2D eigenvalue weighted by atomic mass is 16.7. The standard InChI is InChI=1S/C19H19NO6/c1-3-4-13-5-6-17(18(7-13)23-2)25-11-15-9-16(20(21)22)8-14-10-24-12-26-19(14)15/h3,5-9H,1,4,10-12H2,2H3. The first-order valence-electron chi connectivity index (χ1n) is 8.03. The molecule has 26 heavy (non-hydrogen) atoms. The summed E-state index contributed by atoms with van der Waals surface area (Å²) in [6.07, 6.45) is 2.53. The van der Waals surface area contributed by atoms with Gasteiger partial charge in [0.05, 0.1) is 18.6 Å². The highest BCUT2D eigenvalue weighted by Crippen LogP contribution is 2.35. The number of ether oxygens (including phenoxy) is 4. The molecule has 0 saturated carbocycles. The van der Waals surface area contributed by atoms with Gasteiger partial charge >= 0.3 is 0 Å². The lowest BCUT2D eigenvalue weighted by Crippen LogP contribution is -2.14. The Morgan fingerprint density at radius 1 is 1.31 bits per heavy atom. The molecular formula is C19H19NO6. The lowest BCUT2D eigenvalue weighted by Gasteiger charge is -2.21. The lowest BCUT2D eigenvalue weighted by molar-refractivity contribution is -0.385. The second kappa shape index (κ2) is 7.88. The number of hydrogen-bond donors (Lipinski definition) is 0. The lowest BCUT2D eigenvalue weighted by atomic mass is 10.1. The van der Waals surface area contributed by atoms with Crippen molar-refractivity contribution in [1.82, 2.24) is 0 Å². The highest BCUT2D eigenvalue weighted by Gasteiger charge is 2.21. The SMILES string of the molecule is C=CCc1ccc(OCc2cc([N+](=O)[O-])cc3c2OCOC3)c(OC)c1. The van der Waals surface area contributed by atoms with Gasteiger partial charge in [0.2, 0.25) is 0 Å². The molecule has 1 heterocycles. The minimum atomic E-state index is -0.441. The Morgan fingerprint density at radius 3 is 2.88 bits per heavy atom. The first-order chi connectivity index (χ1) is 12.6. The Bertz CT molecular complexity index is 833. The Balaban J connectivity index is 1.86. The normalized spacial score (nSPS) is 12.7. The molecule has 0 radical (unpaired) electrons. The monoisotopic (exact) mass is 357 g/mol. The van der Waals surface area contributed by atoms with E-state index in [4.69, 9.17) is 18.9 Å². The fourth-order valence-electron chi connectivity index (χ4n) is 2.77. The summed E-state index contributed by atoms with van der Waals surface area (Å²) in [5, 5.41) is 11.2. The van der Waals surface area contributed by atoms with Crippen LogP contribution < -0.4 is 14.2 Å². The van der Waals surface area contributed by atoms with Gasteiger partial charge in [-0.25, -0.2) is 0 Å². The predicted octanol–water partition coefficient (Wildman–Crippen LogP) is 3.78. The van der Waals surface area contributed by atoms with Gasteiger partial charge in [0, 0.05) is 23.3 Å². The first kappa shape index (κ1) is 17.8. The molecule has 0 unspecified atom stereocenters. The maximum Gasteiger partial charge on any atom is 0.270 e. The molecule has 0 saturated heterocycles. The molecule has 1 aliphatic heterocycles. The summed E-state index contributed by atoms with van der Waals surface area (Å²) >= 11 is 0. The molecule has 0 N–H and O–H groups in total. The molecule has 1 aliphatic rings. The minimum absolute atomic E-state index is 0.0234. The molecule has 0 spiro atoms. The molecule has 0 aliphatic carbocycles. The van der Waals surface area contributed by atoms with E-state index in [0.29, 0.717) is 28.4 Å². The number of methoxy groups -OCH3 is 1. The fourth-order valence-corrected chi connectivity index (χ4v) is 2.77. The summed E-state index contributed by atoms with van der Waals surface area (Å²) in [4.78, 5) is 10.7. The van der Waals surface area contributed by atoms with Crippen molar-refractivity contribution in [1.29, 1.82) is 0 Å². The average molecular weight is 357 g/mol. The van der Waals surface area contributed by atoms with E-state index < -0.39 is 4.92 Å². The van der Waals surface area contributed by atoms with Crippen LogP contribution in [0.15, 0.2) is 43.0 Å². The summed E-state index contributed by atoms with van der Waals surface area (Å²) in [7, 11) is 1.57. The van der Waals surface area contributed by atoms with Crippen LogP contribution in [0.5, 0.6) is 17.2 Å². The number of hydrogen-bond acceptors (Lipinski definition) is 6. The van der Waals surface area contributed by atoms with Crippen LogP contribution in [0.2, 0.25) is 0 Å². The zero-order chi connectivity index (χ0) is 18.5. The van der Waals surface area contributed by atoms with E-state index in [0.717, 1.165) is 12.0 Å². The van der Waals surface area contributed by atoms with Gasteiger partial charge in [0.1, 0.15) is 12.4 Å². The molecule has 0 bridgehead atoms. The van der Waals surface area contributed by atoms with Gasteiger partial charge in [0.15, 0.2) is 18.3 Å². The Labute approximate surface area is 150 Å². The van der Waals surface area contributed by atoms with Gasteiger partial charge in [-0.3, -0.25) is 10.1 Å². The van der Waals surface area contributed by atoms with E-state index in [1.54, 1.807) is 7.11 Å². The highest BCUT2D eigenvalue weighted by molar-refractivity contribution is 5.51. The van der Waals surface area contributed by atoms with Crippen molar-refractivity contribution in [3.05, 3.63) is 69.8 Å². The van der Waals surface area contributed by atoms with Crippen molar-refractivity contribution in [2.24, 2.45) is 0 Å². The number of benzene rings is 2. The molecule has 136 valence electrons. The number of nitro groups is 1. The van der Waals surface area contributed by atoms with Crippen LogP contribution in [0.3, 0.4) is 0 Å². The quantitative estimate of drug-likeness (QED) is 0.426. The molecule has 0 amide bonds. The van der Waals surface area contributed by atoms with Gasteiger partial charge < -0.3 is 18.9 Å². The first-order valence-corrected chi connectivity index (χ1v) is 8.03. The van der Waals surface area contributed by atoms with Crippen LogP contribution in [0.25, 0.3) is 0 Å². The molecule has 2 aromatic rings. The predicted molar refractivity (Wildman–Crippen MR) is 94.6 cm³/mol. The van der Waals surface area contributed by atoms with Gasteiger partial charge in [-0.15, -0.1) is 6.58 Å². The third kappa shape index (κ3) is 3.78. The molecule has 7 heteroatoms. The third-order valence-corrected chi connectivity index (χ3v) is 3.97. The number of allylic oxidation sites excluding steroid dienone is 1. The van der Waals surface area contributed by atoms with Gasteiger partial charge in [-0.2, -0.15) is 0 Å². The van der Waals surface area contributed by atoms with E-state index in [1.165, 1.54) is 12.1 Å². The maximum absolute atomic E-state index is 11.2. The molecule has 2 aromatic carbocycles. The second-order valence-electron chi connectivity index (χ2n) is 5.73. The number of nitro benzene ring substituents is 1. The van der Waals surface area contributed by atoms with Crippen molar-refractivity contribution in [3.63, 3.8) is 0 Å². The fraction of sp³-hybridized carbons (Fsp3) is 0.263. The zero-order valence-electron chi connectivity index (χ0n) is 14.4. The zero-order valence-corrected chi connectivity index (χ0v) is 14.4. The van der Waals surface area contributed by atoms with Crippen LogP contribution in [-0.4, -0.2) is 18.8 Å². The summed E-state index contributed by atoms with van der Waals surface area (Å²) in [6, 6.07) is 8.54. The van der Waals surface area contributed by atoms with Crippen molar-refractivity contribution in [2.45, 2.75) is 19.6 Å². The number of non-ortho nitro benzene ring substituents is 1. The van der Waals surface area contributed by atoms with Crippen molar-refractivity contribution in [3.8, 4) is 17.2 Å². The topological polar surface area (TPSA) is 80.1 Å². The molecule has 0 atom stereocenters. The van der Waals surface area contributed by atoms with E-state index in [-0.39, 0.29) is 25.7 Å². The summed E-state index contributed by atoms with van der Waals surface area (Å²) in [6.45, 7) is 4.21. The van der Waals surface area contributed by atoms with Crippen LogP contribution in [-0.2, 0) is 24.4 Å². The summed E-state index contributed by atoms with van der Waals surface area (Å²) in [5.41, 5.74) is 2.26. The second-order valence-corrected chi connectivity index (χ2v) is 5.73. The van der Waals surface area contributed by atoms with E-state index in [1.807, 2.05) is 24.3 Å². The van der Waals surface area contributed by atoms with Crippen LogP contribution in [0, 0.1) is 10.1 Å². The Morgan fingerprint density at radius 2 is 2.15 bits per heavy atom. The van der Waals surface area contributed by atoms with E-state index in [9.17, 15) is 10.1 Å². The van der Waals surface area contributed by atoms with E-state index in [2.05, 4.69) is 6.58 Å². The van der Waals surface area contributed by atoms with Crippen molar-refractivity contribution in [2.75, 3.05) is 13.9 Å². The number of nitrogens with zero attached hydrogens (tertiary/aromatic N) is 1. The maximum atomic E-state index is 11.2. The molecule has 0 aromatic heterocycles. The average Bonchev–Trinajstić information content (AvgIpc) is 2.66. The summed E-state index contributed by atoms with van der Waals surface area (Å²) < 4.78 is 22.0. The van der Waals surface area contributed by atoms with Crippen molar-refractivity contribution < 1.29 is 23.9 Å². The van der Waals surface area contributed by atoms with Crippen LogP contribution in [0.4, 0.5) is 5.69 Å². The molecule has 3 rings (SSSR count). The summed E-state index contributed by atoms with van der Waals surface area (Å²) in [5.74, 6) is 1.71. The van der Waals surface area contributed by atoms with E-state index >= 15 is 0 Å². The third-order valence-electron chi connectivity index (χ3n) is 3.97. The molecular weight excluding hydrogens is 338 g/mol. The Kier molecular flexibility index (Phi) is 5.38. The van der Waals surface area contributed by atoms with Gasteiger partial charge in [-0.05, 0) is 24.1 Å². The number of rotatable bonds is 7. The van der Waals surface area contributed by atoms with Crippen LogP contribution >= 0.6 is 0 Å². The smallest absolute Gasteiger partial charge is 0.270 e. The molecule has 7 nitrogen and oxygen atoms in total. The minimum Gasteiger partial charge on any atom is -0.493 e. The van der Waals surface area contributed by atoms with Gasteiger partial charge in [0.25, 0.3) is 5.69 Å². The number of fused-ring (bicyclic) bond motifs is 1. The van der Waals surface area contributed by atoms with Gasteiger partial charge in [-0.1, -0.05) is 12.1 Å².